The highest BCUT2D eigenvalue weighted by molar-refractivity contribution is 5.49. The van der Waals surface area contributed by atoms with Gasteiger partial charge < -0.3 is 15.6 Å². The summed E-state index contributed by atoms with van der Waals surface area (Å²) in [6.45, 7) is 3.21. The van der Waals surface area contributed by atoms with Crippen LogP contribution in [0.5, 0.6) is 0 Å². The average molecular weight is 289 g/mol. The van der Waals surface area contributed by atoms with Gasteiger partial charge in [0, 0.05) is 33.2 Å². The molecular weight excluding hydrogens is 271 g/mol. The van der Waals surface area contributed by atoms with Gasteiger partial charge >= 0.3 is 6.18 Å². The summed E-state index contributed by atoms with van der Waals surface area (Å²) in [6, 6.07) is 2.02. The molecule has 0 spiro atoms. The number of anilines is 2. The fourth-order valence-corrected chi connectivity index (χ4v) is 1.96. The highest BCUT2D eigenvalue weighted by Gasteiger charge is 2.31. The molecule has 0 bridgehead atoms. The van der Waals surface area contributed by atoms with Crippen LogP contribution in [0.3, 0.4) is 0 Å². The largest absolute Gasteiger partial charge is 0.416 e. The molecule has 1 aromatic rings. The second-order valence-corrected chi connectivity index (χ2v) is 4.78. The van der Waals surface area contributed by atoms with E-state index in [2.05, 4.69) is 20.6 Å². The molecule has 0 saturated carbocycles. The molecule has 0 amide bonds. The topological polar surface area (TPSA) is 43.4 Å². The van der Waals surface area contributed by atoms with Crippen molar-refractivity contribution < 1.29 is 13.2 Å². The molecule has 112 valence electrons. The van der Waals surface area contributed by atoms with Gasteiger partial charge in [0.25, 0.3) is 0 Å². The van der Waals surface area contributed by atoms with Crippen molar-refractivity contribution in [2.24, 2.45) is 0 Å². The minimum Gasteiger partial charge on any atom is -0.373 e. The number of aromatic nitrogens is 1. The van der Waals surface area contributed by atoms with Crippen LogP contribution in [0.1, 0.15) is 5.56 Å². The molecule has 2 rings (SSSR count). The Bertz CT molecular complexity index is 455. The Labute approximate surface area is 115 Å². The van der Waals surface area contributed by atoms with Crippen molar-refractivity contribution in [2.45, 2.75) is 6.18 Å². The molecular formula is C12H18F3N5. The van der Waals surface area contributed by atoms with Crippen LogP contribution >= 0.6 is 0 Å². The van der Waals surface area contributed by atoms with E-state index in [0.717, 1.165) is 38.3 Å². The van der Waals surface area contributed by atoms with Gasteiger partial charge in [0.15, 0.2) is 0 Å². The van der Waals surface area contributed by atoms with Gasteiger partial charge in [0.2, 0.25) is 0 Å². The van der Waals surface area contributed by atoms with Gasteiger partial charge in [-0.15, -0.1) is 0 Å². The molecule has 1 aromatic heterocycles. The van der Waals surface area contributed by atoms with E-state index in [9.17, 15) is 13.2 Å². The first-order chi connectivity index (χ1) is 9.38. The first kappa shape index (κ1) is 14.9. The predicted molar refractivity (Wildman–Crippen MR) is 71.5 cm³/mol. The number of nitrogens with zero attached hydrogens (tertiary/aromatic N) is 3. The van der Waals surface area contributed by atoms with Crippen molar-refractivity contribution in [3.63, 3.8) is 0 Å². The highest BCUT2D eigenvalue weighted by Crippen LogP contribution is 2.32. The van der Waals surface area contributed by atoms with Crippen molar-refractivity contribution in [2.75, 3.05) is 51.0 Å². The highest BCUT2D eigenvalue weighted by atomic mass is 19.4. The summed E-state index contributed by atoms with van der Waals surface area (Å²) in [4.78, 5) is 6.26. The van der Waals surface area contributed by atoms with Crippen molar-refractivity contribution in [1.29, 1.82) is 0 Å². The fraction of sp³-hybridized carbons (Fsp3) is 0.583. The van der Waals surface area contributed by atoms with Crippen molar-refractivity contribution in [3.05, 3.63) is 17.7 Å². The molecule has 0 atom stereocenters. The Morgan fingerprint density at radius 2 is 1.70 bits per heavy atom. The number of alkyl halides is 3. The van der Waals surface area contributed by atoms with Crippen LogP contribution in [0.2, 0.25) is 0 Å². The van der Waals surface area contributed by atoms with Crippen LogP contribution < -0.4 is 10.7 Å². The van der Waals surface area contributed by atoms with Gasteiger partial charge in [-0.3, -0.25) is 0 Å². The normalized spacial score (nSPS) is 18.1. The Morgan fingerprint density at radius 3 is 2.25 bits per heavy atom. The smallest absolute Gasteiger partial charge is 0.373 e. The summed E-state index contributed by atoms with van der Waals surface area (Å²) in [5.41, 5.74) is 2.23. The van der Waals surface area contributed by atoms with Gasteiger partial charge in [-0.2, -0.15) is 13.2 Å². The summed E-state index contributed by atoms with van der Waals surface area (Å²) < 4.78 is 38.4. The molecule has 2 heterocycles. The summed E-state index contributed by atoms with van der Waals surface area (Å²) >= 11 is 0. The molecule has 8 heteroatoms. The zero-order valence-electron chi connectivity index (χ0n) is 11.5. The van der Waals surface area contributed by atoms with Gasteiger partial charge in [0.05, 0.1) is 5.56 Å². The Balaban J connectivity index is 2.14. The molecule has 0 radical (unpaired) electrons. The van der Waals surface area contributed by atoms with Crippen LogP contribution in [-0.2, 0) is 6.18 Å². The van der Waals surface area contributed by atoms with Gasteiger partial charge in [-0.05, 0) is 19.2 Å². The fourth-order valence-electron chi connectivity index (χ4n) is 1.96. The van der Waals surface area contributed by atoms with E-state index >= 15 is 0 Å². The molecule has 0 unspecified atom stereocenters. The maximum Gasteiger partial charge on any atom is 0.416 e. The lowest BCUT2D eigenvalue weighted by Gasteiger charge is -2.32. The van der Waals surface area contributed by atoms with Crippen molar-refractivity contribution in [3.8, 4) is 0 Å². The quantitative estimate of drug-likeness (QED) is 0.887. The van der Waals surface area contributed by atoms with E-state index in [4.69, 9.17) is 0 Å². The second-order valence-electron chi connectivity index (χ2n) is 4.78. The number of hydrazine groups is 1. The lowest BCUT2D eigenvalue weighted by molar-refractivity contribution is -0.137. The molecule has 1 saturated heterocycles. The molecule has 2 N–H and O–H groups in total. The number of piperazine rings is 1. The van der Waals surface area contributed by atoms with E-state index in [0.29, 0.717) is 0 Å². The number of pyridine rings is 1. The number of halogens is 3. The molecule has 0 aromatic carbocycles. The number of hydrogen-bond acceptors (Lipinski definition) is 5. The van der Waals surface area contributed by atoms with Crippen LogP contribution in [0.25, 0.3) is 0 Å². The third kappa shape index (κ3) is 3.73. The molecule has 1 fully saturated rings. The van der Waals surface area contributed by atoms with Gasteiger partial charge in [-0.1, -0.05) is 0 Å². The number of nitrogens with one attached hydrogen (secondary N) is 2. The second kappa shape index (κ2) is 5.84. The van der Waals surface area contributed by atoms with E-state index in [1.54, 1.807) is 7.05 Å². The SMILES string of the molecule is CNc1cc(C(F)(F)F)cc(NN2CCN(C)CC2)n1. The third-order valence-electron chi connectivity index (χ3n) is 3.18. The van der Waals surface area contributed by atoms with E-state index in [1.807, 2.05) is 12.1 Å². The Kier molecular flexibility index (Phi) is 4.34. The monoisotopic (exact) mass is 289 g/mol. The summed E-state index contributed by atoms with van der Waals surface area (Å²) in [5.74, 6) is 0.394. The lowest BCUT2D eigenvalue weighted by atomic mass is 10.2. The lowest BCUT2D eigenvalue weighted by Crippen LogP contribution is -2.47. The minimum absolute atomic E-state index is 0.191. The van der Waals surface area contributed by atoms with Crippen LogP contribution in [-0.4, -0.2) is 55.2 Å². The van der Waals surface area contributed by atoms with Gasteiger partial charge in [0.1, 0.15) is 11.6 Å². The predicted octanol–water partition coefficient (Wildman–Crippen LogP) is 1.72. The molecule has 1 aliphatic heterocycles. The first-order valence-electron chi connectivity index (χ1n) is 6.35. The molecule has 1 aliphatic rings. The Hall–Kier alpha value is -1.54. The van der Waals surface area contributed by atoms with Crippen LogP contribution in [0, 0.1) is 0 Å². The average Bonchev–Trinajstić information content (AvgIpc) is 2.40. The number of rotatable bonds is 3. The van der Waals surface area contributed by atoms with E-state index in [-0.39, 0.29) is 11.6 Å². The van der Waals surface area contributed by atoms with E-state index < -0.39 is 11.7 Å². The maximum atomic E-state index is 12.8. The van der Waals surface area contributed by atoms with Crippen LogP contribution in [0.15, 0.2) is 12.1 Å². The molecule has 0 aliphatic carbocycles. The van der Waals surface area contributed by atoms with Crippen LogP contribution in [0.4, 0.5) is 24.8 Å². The van der Waals surface area contributed by atoms with Crippen molar-refractivity contribution in [1.82, 2.24) is 14.9 Å². The zero-order chi connectivity index (χ0) is 14.8. The summed E-state index contributed by atoms with van der Waals surface area (Å²) in [5, 5.41) is 4.52. The third-order valence-corrected chi connectivity index (χ3v) is 3.18. The number of hydrogen-bond donors (Lipinski definition) is 2. The summed E-state index contributed by atoms with van der Waals surface area (Å²) in [6.07, 6.45) is -4.38. The van der Waals surface area contributed by atoms with Crippen molar-refractivity contribution >= 4 is 11.6 Å². The molecule has 20 heavy (non-hydrogen) atoms. The zero-order valence-corrected chi connectivity index (χ0v) is 11.5. The minimum atomic E-state index is -4.38. The number of likely N-dealkylation sites (N-methyl/N-ethyl adjacent to an activating group) is 1. The first-order valence-corrected chi connectivity index (χ1v) is 6.35. The summed E-state index contributed by atoms with van der Waals surface area (Å²) in [7, 11) is 3.56. The Morgan fingerprint density at radius 1 is 1.10 bits per heavy atom. The standard InChI is InChI=1S/C12H18F3N5/c1-16-10-7-9(12(13,14)15)8-11(17-10)18-20-5-3-19(2)4-6-20/h7-8H,3-6H2,1-2H3,(H2,16,17,18). The van der Waals surface area contributed by atoms with E-state index in [1.165, 1.54) is 0 Å². The molecule has 5 nitrogen and oxygen atoms in total. The van der Waals surface area contributed by atoms with Gasteiger partial charge in [-0.25, -0.2) is 9.99 Å². The maximum absolute atomic E-state index is 12.8.